The second-order valence-electron chi connectivity index (χ2n) is 8.07. The highest BCUT2D eigenvalue weighted by molar-refractivity contribution is 14.1. The fraction of sp³-hybridized carbons (Fsp3) is 0.250. The summed E-state index contributed by atoms with van der Waals surface area (Å²) >= 11 is 4.34. The normalized spacial score (nSPS) is 18.0. The minimum absolute atomic E-state index is 0.0118. The molecule has 0 aromatic heterocycles. The minimum atomic E-state index is -0.517. The Hall–Kier alpha value is -2.66. The van der Waals surface area contributed by atoms with Crippen molar-refractivity contribution in [3.05, 3.63) is 87.4 Å². The molecule has 0 spiro atoms. The zero-order chi connectivity index (χ0) is 24.6. The molecule has 0 fully saturated rings. The van der Waals surface area contributed by atoms with E-state index < -0.39 is 10.8 Å². The predicted octanol–water partition coefficient (Wildman–Crippen LogP) is 5.11. The van der Waals surface area contributed by atoms with Crippen molar-refractivity contribution >= 4 is 56.7 Å². The molecule has 2 aromatic rings. The van der Waals surface area contributed by atoms with Gasteiger partial charge in [0.15, 0.2) is 5.78 Å². The van der Waals surface area contributed by atoms with Gasteiger partial charge in [0.25, 0.3) is 5.69 Å². The second kappa shape index (κ2) is 9.91. The van der Waals surface area contributed by atoms with Gasteiger partial charge < -0.3 is 15.4 Å². The fourth-order valence-corrected chi connectivity index (χ4v) is 6.52. The Labute approximate surface area is 223 Å². The molecular formula is C24H20I2N4O4. The van der Waals surface area contributed by atoms with Crippen LogP contribution < -0.4 is 10.5 Å². The lowest BCUT2D eigenvalue weighted by atomic mass is 9.76. The first kappa shape index (κ1) is 24.5. The molecular weight excluding hydrogens is 662 g/mol. The monoisotopic (exact) mass is 682 g/mol. The van der Waals surface area contributed by atoms with E-state index in [0.29, 0.717) is 34.7 Å². The molecule has 4 rings (SSSR count). The third-order valence-corrected chi connectivity index (χ3v) is 7.63. The summed E-state index contributed by atoms with van der Waals surface area (Å²) in [5.41, 5.74) is 9.74. The van der Waals surface area contributed by atoms with Gasteiger partial charge in [-0.1, -0.05) is 12.1 Å². The van der Waals surface area contributed by atoms with Gasteiger partial charge in [0.1, 0.15) is 18.2 Å². The summed E-state index contributed by atoms with van der Waals surface area (Å²) in [6, 6.07) is 12.4. The molecule has 34 heavy (non-hydrogen) atoms. The van der Waals surface area contributed by atoms with Gasteiger partial charge in [-0.2, -0.15) is 5.26 Å². The average Bonchev–Trinajstić information content (AvgIpc) is 2.81. The molecule has 174 valence electrons. The smallest absolute Gasteiger partial charge is 0.269 e. The van der Waals surface area contributed by atoms with Gasteiger partial charge in [0.2, 0.25) is 0 Å². The van der Waals surface area contributed by atoms with Crippen LogP contribution in [0, 0.1) is 28.6 Å². The molecule has 0 bridgehead atoms. The summed E-state index contributed by atoms with van der Waals surface area (Å²) in [6.07, 6.45) is 1.97. The van der Waals surface area contributed by atoms with Crippen LogP contribution in [0.25, 0.3) is 0 Å². The van der Waals surface area contributed by atoms with Gasteiger partial charge in [-0.05, 0) is 81.3 Å². The molecule has 0 amide bonds. The minimum Gasteiger partial charge on any atom is -0.487 e. The highest BCUT2D eigenvalue weighted by Crippen LogP contribution is 2.45. The SMILES string of the molecule is CN1C(N)=C(C#N)[C@H](c2cc(I)c(OCc3cccc([N+](=O)[O-])c3)c(I)c2)C2=C1CCCC2=O. The zero-order valence-corrected chi connectivity index (χ0v) is 22.5. The number of nitrogens with zero attached hydrogens (tertiary/aromatic N) is 3. The molecule has 0 radical (unpaired) electrons. The standard InChI is InChI=1S/C24H20I2N4O4/c1-29-19-6-3-7-20(31)22(19)21(16(11-27)24(29)28)14-9-17(25)23(18(26)10-14)34-12-13-4-2-5-15(8-13)30(32)33/h2,4-5,8-10,21H,3,6-7,12,28H2,1H3/t21-/m0/s1. The average molecular weight is 682 g/mol. The summed E-state index contributed by atoms with van der Waals surface area (Å²) < 4.78 is 7.64. The summed E-state index contributed by atoms with van der Waals surface area (Å²) in [4.78, 5) is 25.3. The van der Waals surface area contributed by atoms with E-state index in [0.717, 1.165) is 31.2 Å². The molecule has 1 aliphatic carbocycles. The van der Waals surface area contributed by atoms with Gasteiger partial charge >= 0.3 is 0 Å². The molecule has 2 N–H and O–H groups in total. The number of hydrogen-bond donors (Lipinski definition) is 1. The lowest BCUT2D eigenvalue weighted by molar-refractivity contribution is -0.384. The number of ketones is 1. The van der Waals surface area contributed by atoms with Crippen LogP contribution in [0.4, 0.5) is 5.69 Å². The summed E-state index contributed by atoms with van der Waals surface area (Å²) in [6.45, 7) is 0.172. The van der Waals surface area contributed by atoms with E-state index in [1.165, 1.54) is 12.1 Å². The quantitative estimate of drug-likeness (QED) is 0.264. The Balaban J connectivity index is 1.70. The van der Waals surface area contributed by atoms with E-state index in [4.69, 9.17) is 10.5 Å². The molecule has 10 heteroatoms. The van der Waals surface area contributed by atoms with Crippen LogP contribution in [0.1, 0.15) is 36.3 Å². The van der Waals surface area contributed by atoms with Crippen molar-refractivity contribution in [2.45, 2.75) is 31.8 Å². The van der Waals surface area contributed by atoms with Crippen molar-refractivity contribution < 1.29 is 14.5 Å². The first-order chi connectivity index (χ1) is 16.2. The number of nitriles is 1. The van der Waals surface area contributed by atoms with E-state index in [1.54, 1.807) is 24.1 Å². The number of non-ortho nitro benzene ring substituents is 1. The molecule has 0 saturated carbocycles. The van der Waals surface area contributed by atoms with Crippen LogP contribution in [0.2, 0.25) is 0 Å². The molecule has 2 aromatic carbocycles. The van der Waals surface area contributed by atoms with Crippen molar-refractivity contribution in [2.75, 3.05) is 7.05 Å². The molecule has 1 heterocycles. The number of nitrogens with two attached hydrogens (primary N) is 1. The van der Waals surface area contributed by atoms with Crippen molar-refractivity contribution in [3.8, 4) is 11.8 Å². The van der Waals surface area contributed by atoms with E-state index in [1.807, 2.05) is 12.1 Å². The van der Waals surface area contributed by atoms with Crippen molar-refractivity contribution in [2.24, 2.45) is 5.73 Å². The molecule has 0 unspecified atom stereocenters. The number of allylic oxidation sites excluding steroid dienone is 3. The van der Waals surface area contributed by atoms with Crippen LogP contribution in [-0.4, -0.2) is 22.7 Å². The van der Waals surface area contributed by atoms with Crippen LogP contribution in [-0.2, 0) is 11.4 Å². The number of halogens is 2. The van der Waals surface area contributed by atoms with E-state index in [9.17, 15) is 20.2 Å². The maximum atomic E-state index is 13.0. The molecule has 8 nitrogen and oxygen atoms in total. The maximum Gasteiger partial charge on any atom is 0.269 e. The number of nitro benzene ring substituents is 1. The largest absolute Gasteiger partial charge is 0.487 e. The zero-order valence-electron chi connectivity index (χ0n) is 18.2. The number of Topliss-reactive ketones (excluding diaryl/α,β-unsaturated/α-hetero) is 1. The first-order valence-corrected chi connectivity index (χ1v) is 12.6. The number of hydrogen-bond acceptors (Lipinski definition) is 7. The lowest BCUT2D eigenvalue weighted by Crippen LogP contribution is -2.36. The fourth-order valence-electron chi connectivity index (χ4n) is 4.40. The van der Waals surface area contributed by atoms with Crippen LogP contribution in [0.3, 0.4) is 0 Å². The van der Waals surface area contributed by atoms with Gasteiger partial charge in [-0.25, -0.2) is 0 Å². The topological polar surface area (TPSA) is 122 Å². The van der Waals surface area contributed by atoms with Crippen molar-refractivity contribution in [3.63, 3.8) is 0 Å². The predicted molar refractivity (Wildman–Crippen MR) is 143 cm³/mol. The van der Waals surface area contributed by atoms with Crippen LogP contribution in [0.15, 0.2) is 59.1 Å². The van der Waals surface area contributed by atoms with Crippen molar-refractivity contribution in [1.29, 1.82) is 5.26 Å². The Bertz CT molecular complexity index is 1290. The Kier molecular flexibility index (Phi) is 7.13. The number of ether oxygens (including phenoxy) is 1. The third-order valence-electron chi connectivity index (χ3n) is 6.03. The van der Waals surface area contributed by atoms with E-state index >= 15 is 0 Å². The van der Waals surface area contributed by atoms with Gasteiger partial charge in [0, 0.05) is 36.9 Å². The molecule has 2 aliphatic rings. The van der Waals surface area contributed by atoms with Gasteiger partial charge in [0.05, 0.1) is 29.6 Å². The number of carbonyl (C=O) groups excluding carboxylic acids is 1. The van der Waals surface area contributed by atoms with E-state index in [-0.39, 0.29) is 18.1 Å². The maximum absolute atomic E-state index is 13.0. The van der Waals surface area contributed by atoms with Crippen LogP contribution >= 0.6 is 45.2 Å². The third kappa shape index (κ3) is 4.50. The van der Waals surface area contributed by atoms with Crippen molar-refractivity contribution in [1.82, 2.24) is 4.90 Å². The highest BCUT2D eigenvalue weighted by atomic mass is 127. The van der Waals surface area contributed by atoms with E-state index in [2.05, 4.69) is 51.3 Å². The van der Waals surface area contributed by atoms with Gasteiger partial charge in [-0.3, -0.25) is 14.9 Å². The Morgan fingerprint density at radius 3 is 2.62 bits per heavy atom. The van der Waals surface area contributed by atoms with Gasteiger partial charge in [-0.15, -0.1) is 0 Å². The summed E-state index contributed by atoms with van der Waals surface area (Å²) in [7, 11) is 1.80. The Morgan fingerprint density at radius 2 is 1.97 bits per heavy atom. The number of nitro groups is 1. The van der Waals surface area contributed by atoms with Crippen LogP contribution in [0.5, 0.6) is 5.75 Å². The number of carbonyl (C=O) groups is 1. The number of rotatable bonds is 5. The molecule has 0 saturated heterocycles. The first-order valence-electron chi connectivity index (χ1n) is 10.5. The summed E-state index contributed by atoms with van der Waals surface area (Å²) in [5, 5.41) is 21.0. The summed E-state index contributed by atoms with van der Waals surface area (Å²) in [5.74, 6) is 0.548. The molecule has 1 aliphatic heterocycles. The second-order valence-corrected chi connectivity index (χ2v) is 10.4. The lowest BCUT2D eigenvalue weighted by Gasteiger charge is -2.37. The molecule has 1 atom stereocenters. The number of benzene rings is 2. The Morgan fingerprint density at radius 1 is 1.26 bits per heavy atom. The highest BCUT2D eigenvalue weighted by Gasteiger charge is 2.39.